The monoisotopic (exact) mass is 394 g/mol. The highest BCUT2D eigenvalue weighted by atomic mass is 35.5. The van der Waals surface area contributed by atoms with E-state index in [2.05, 4.69) is 5.16 Å². The van der Waals surface area contributed by atoms with Gasteiger partial charge in [0.15, 0.2) is 6.21 Å². The van der Waals surface area contributed by atoms with Gasteiger partial charge < -0.3 is 22.4 Å². The number of hydrogen-bond donors (Lipinski definition) is 1. The molecule has 0 saturated heterocycles. The van der Waals surface area contributed by atoms with E-state index in [0.29, 0.717) is 12.4 Å². The van der Waals surface area contributed by atoms with Gasteiger partial charge in [-0.2, -0.15) is 17.5 Å². The normalized spacial score (nSPS) is 12.8. The molecule has 0 atom stereocenters. The van der Waals surface area contributed by atoms with Crippen molar-refractivity contribution in [2.24, 2.45) is 12.2 Å². The summed E-state index contributed by atoms with van der Waals surface area (Å²) in [6.07, 6.45) is 4.66. The molecule has 0 bridgehead atoms. The van der Waals surface area contributed by atoms with Crippen molar-refractivity contribution < 1.29 is 48.5 Å². The second kappa shape index (κ2) is 9.20. The Balaban J connectivity index is 0.00000529. The zero-order valence-electron chi connectivity index (χ0n) is 12.9. The number of oxime groups is 1. The fraction of sp³-hybridized carbons (Fsp3) is 0.636. The minimum absolute atomic E-state index is 0. The minimum atomic E-state index is -5.33. The van der Waals surface area contributed by atoms with Crippen molar-refractivity contribution >= 4 is 16.2 Å². The van der Waals surface area contributed by atoms with Crippen LogP contribution < -0.4 is 17.0 Å². The molecule has 1 N–H and O–H groups in total. The molecule has 0 unspecified atom stereocenters. The van der Waals surface area contributed by atoms with E-state index in [4.69, 9.17) is 9.94 Å². The summed E-state index contributed by atoms with van der Waals surface area (Å²) in [6.45, 7) is -0.0757. The number of aromatic nitrogens is 2. The molecule has 1 rings (SSSR count). The number of likely N-dealkylation sites (N-methyl/N-ethyl adjacent to an activating group) is 1. The van der Waals surface area contributed by atoms with Crippen LogP contribution in [0.3, 0.4) is 0 Å². The number of aryl methyl sites for hydroxylation is 1. The molecule has 0 radical (unpaired) electrons. The Bertz CT molecular complexity index is 648. The summed E-state index contributed by atoms with van der Waals surface area (Å²) in [5.74, 6) is 0.591. The second-order valence-corrected chi connectivity index (χ2v) is 6.63. The number of nitrogens with zero attached hydrogens (tertiary/aromatic N) is 4. The molecule has 0 spiro atoms. The zero-order valence-corrected chi connectivity index (χ0v) is 14.5. The first-order valence-electron chi connectivity index (χ1n) is 6.44. The number of alkyl halides is 3. The maximum atomic E-state index is 12.3. The first kappa shape index (κ1) is 22.6. The smallest absolute Gasteiger partial charge is 0.511 e. The number of hydrogen-bond acceptors (Lipinski definition) is 5. The van der Waals surface area contributed by atoms with Crippen LogP contribution in [0.5, 0.6) is 0 Å². The molecule has 0 aliphatic heterocycles. The third kappa shape index (κ3) is 5.61. The molecule has 0 aliphatic rings. The van der Waals surface area contributed by atoms with Crippen molar-refractivity contribution in [3.05, 3.63) is 18.2 Å². The summed E-state index contributed by atoms with van der Waals surface area (Å²) in [5.41, 5.74) is -5.32. The van der Waals surface area contributed by atoms with Gasteiger partial charge in [0, 0.05) is 13.6 Å². The van der Waals surface area contributed by atoms with Gasteiger partial charge in [0.1, 0.15) is 18.9 Å². The number of rotatable bonds is 8. The molecule has 8 nitrogen and oxygen atoms in total. The predicted molar refractivity (Wildman–Crippen MR) is 73.4 cm³/mol. The van der Waals surface area contributed by atoms with Crippen LogP contribution in [0, 0.1) is 0 Å². The van der Waals surface area contributed by atoms with Gasteiger partial charge in [-0.25, -0.2) is 17.6 Å². The third-order valence-electron chi connectivity index (χ3n) is 3.03. The molecular weight excluding hydrogens is 377 g/mol. The Labute approximate surface area is 143 Å². The summed E-state index contributed by atoms with van der Waals surface area (Å²) in [6, 6.07) is 0. The molecule has 0 fully saturated rings. The molecule has 1 heterocycles. The van der Waals surface area contributed by atoms with Gasteiger partial charge in [-0.3, -0.25) is 0 Å². The van der Waals surface area contributed by atoms with Crippen LogP contribution in [0.4, 0.5) is 13.2 Å². The van der Waals surface area contributed by atoms with Crippen LogP contribution in [-0.2, 0) is 28.4 Å². The molecule has 1 aromatic heterocycles. The standard InChI is InChI=1S/C11H17F3N4O4S.ClH/c1-16-3-4-18(10(16)9-15-19)6-8-22-7-5-17(2)23(20,21)11(12,13)14;/h3-4,9H,5-8H2,1-2H3;1H. The molecule has 0 aromatic carbocycles. The molecule has 140 valence electrons. The maximum Gasteiger partial charge on any atom is 0.511 e. The summed E-state index contributed by atoms with van der Waals surface area (Å²) < 4.78 is 67.7. The Kier molecular flexibility index (Phi) is 8.68. The average Bonchev–Trinajstić information content (AvgIpc) is 2.79. The van der Waals surface area contributed by atoms with Crippen molar-refractivity contribution in [1.29, 1.82) is 0 Å². The first-order valence-corrected chi connectivity index (χ1v) is 7.88. The zero-order chi connectivity index (χ0) is 17.7. The number of ether oxygens (including phenoxy) is 1. The van der Waals surface area contributed by atoms with Crippen LogP contribution in [0.1, 0.15) is 5.82 Å². The Morgan fingerprint density at radius 3 is 2.62 bits per heavy atom. The Hall–Kier alpha value is -1.37. The lowest BCUT2D eigenvalue weighted by Crippen LogP contribution is -3.00. The van der Waals surface area contributed by atoms with Crippen LogP contribution >= 0.6 is 0 Å². The highest BCUT2D eigenvalue weighted by Gasteiger charge is 2.48. The van der Waals surface area contributed by atoms with Gasteiger partial charge >= 0.3 is 21.4 Å². The van der Waals surface area contributed by atoms with E-state index < -0.39 is 22.1 Å². The van der Waals surface area contributed by atoms with E-state index in [1.807, 2.05) is 0 Å². The van der Waals surface area contributed by atoms with Crippen molar-refractivity contribution in [3.63, 3.8) is 0 Å². The molecule has 0 amide bonds. The van der Waals surface area contributed by atoms with Crippen molar-refractivity contribution in [2.45, 2.75) is 12.1 Å². The van der Waals surface area contributed by atoms with Gasteiger partial charge in [0.2, 0.25) is 0 Å². The lowest BCUT2D eigenvalue weighted by molar-refractivity contribution is -0.671. The maximum absolute atomic E-state index is 12.3. The minimum Gasteiger partial charge on any atom is -1.00 e. The SMILES string of the molecule is CN(CCOCCn1cc[n+](C)c1/C=N/O)S(=O)(=O)C(F)(F)F.[Cl-]. The highest BCUT2D eigenvalue weighted by Crippen LogP contribution is 2.25. The quantitative estimate of drug-likeness (QED) is 0.167. The fourth-order valence-electron chi connectivity index (χ4n) is 1.70. The molecule has 24 heavy (non-hydrogen) atoms. The predicted octanol–water partition coefficient (Wildman–Crippen LogP) is -3.08. The number of halogens is 4. The van der Waals surface area contributed by atoms with Crippen molar-refractivity contribution in [3.8, 4) is 0 Å². The van der Waals surface area contributed by atoms with Gasteiger partial charge in [-0.05, 0) is 0 Å². The molecule has 13 heteroatoms. The summed E-state index contributed by atoms with van der Waals surface area (Å²) in [4.78, 5) is 0. The second-order valence-electron chi connectivity index (χ2n) is 4.59. The lowest BCUT2D eigenvalue weighted by atomic mass is 10.5. The van der Waals surface area contributed by atoms with Crippen molar-refractivity contribution in [2.75, 3.05) is 26.8 Å². The topological polar surface area (TPSA) is 88.0 Å². The average molecular weight is 395 g/mol. The Morgan fingerprint density at radius 1 is 1.46 bits per heavy atom. The van der Waals surface area contributed by atoms with Crippen LogP contribution in [0.25, 0.3) is 0 Å². The number of imidazole rings is 1. The van der Waals surface area contributed by atoms with Gasteiger partial charge in [-0.15, -0.1) is 0 Å². The highest BCUT2D eigenvalue weighted by molar-refractivity contribution is 7.89. The molecule has 0 saturated carbocycles. The molecule has 0 aliphatic carbocycles. The van der Waals surface area contributed by atoms with E-state index in [9.17, 15) is 21.6 Å². The summed E-state index contributed by atoms with van der Waals surface area (Å²) in [5, 5.41) is 11.5. The van der Waals surface area contributed by atoms with Crippen LogP contribution in [0.15, 0.2) is 17.5 Å². The van der Waals surface area contributed by atoms with E-state index in [1.165, 1.54) is 6.21 Å². The van der Waals surface area contributed by atoms with E-state index in [-0.39, 0.29) is 29.9 Å². The van der Waals surface area contributed by atoms with Gasteiger partial charge in [-0.1, -0.05) is 5.16 Å². The van der Waals surface area contributed by atoms with E-state index in [0.717, 1.165) is 7.05 Å². The molecule has 1 aromatic rings. The van der Waals surface area contributed by atoms with E-state index >= 15 is 0 Å². The summed E-state index contributed by atoms with van der Waals surface area (Å²) >= 11 is 0. The summed E-state index contributed by atoms with van der Waals surface area (Å²) in [7, 11) is -2.74. The first-order chi connectivity index (χ1) is 10.6. The fourth-order valence-corrected chi connectivity index (χ4v) is 2.37. The number of sulfonamides is 1. The lowest BCUT2D eigenvalue weighted by Gasteiger charge is -2.18. The van der Waals surface area contributed by atoms with Crippen LogP contribution in [-0.4, -0.2) is 61.0 Å². The van der Waals surface area contributed by atoms with Gasteiger partial charge in [0.25, 0.3) is 0 Å². The van der Waals surface area contributed by atoms with E-state index in [1.54, 1.807) is 28.6 Å². The molecular formula is C11H18ClF3N4O4S. The van der Waals surface area contributed by atoms with Gasteiger partial charge in [0.05, 0.1) is 20.3 Å². The van der Waals surface area contributed by atoms with Crippen molar-refractivity contribution in [1.82, 2.24) is 8.87 Å². The van der Waals surface area contributed by atoms with Crippen LogP contribution in [0.2, 0.25) is 0 Å². The largest absolute Gasteiger partial charge is 1.00 e. The third-order valence-corrected chi connectivity index (χ3v) is 4.62. The Morgan fingerprint density at radius 2 is 2.08 bits per heavy atom.